The molecule has 0 bridgehead atoms. The molecule has 152 valence electrons. The van der Waals surface area contributed by atoms with Crippen LogP contribution in [0.15, 0.2) is 29.6 Å². The van der Waals surface area contributed by atoms with E-state index in [4.69, 9.17) is 0 Å². The van der Waals surface area contributed by atoms with Gasteiger partial charge < -0.3 is 10.6 Å². The molecule has 0 radical (unpaired) electrons. The molecule has 0 aliphatic carbocycles. The molecule has 0 aliphatic rings. The fourth-order valence-corrected chi connectivity index (χ4v) is 4.90. The highest BCUT2D eigenvalue weighted by Crippen LogP contribution is 2.27. The molecule has 0 atom stereocenters. The molecule has 1 aromatic carbocycles. The summed E-state index contributed by atoms with van der Waals surface area (Å²) < 4.78 is 0. The van der Waals surface area contributed by atoms with E-state index < -0.39 is 0 Å². The standard InChI is InChI=1S/C22H25N3O2S2/c1-13-11-14(2)19(15(3)12-13)25-21(27)20-16(4)23-22(29-20)24-18(26)9-5-7-17-8-6-10-28-17/h6,8,10-12H,5,7,9H2,1-4H3,(H,25,27)(H,23,24,26). The van der Waals surface area contributed by atoms with Crippen LogP contribution in [0.4, 0.5) is 10.8 Å². The molecule has 2 amide bonds. The minimum atomic E-state index is -0.201. The van der Waals surface area contributed by atoms with Gasteiger partial charge in [-0.15, -0.1) is 11.3 Å². The Morgan fingerprint density at radius 1 is 1.07 bits per heavy atom. The van der Waals surface area contributed by atoms with Gasteiger partial charge in [-0.2, -0.15) is 0 Å². The lowest BCUT2D eigenvalue weighted by Gasteiger charge is -2.12. The first-order valence-corrected chi connectivity index (χ1v) is 11.2. The normalized spacial score (nSPS) is 10.8. The van der Waals surface area contributed by atoms with Gasteiger partial charge in [0.25, 0.3) is 5.91 Å². The molecule has 7 heteroatoms. The maximum Gasteiger partial charge on any atom is 0.267 e. The van der Waals surface area contributed by atoms with E-state index in [1.54, 1.807) is 18.3 Å². The Labute approximate surface area is 179 Å². The van der Waals surface area contributed by atoms with E-state index >= 15 is 0 Å². The molecule has 2 aromatic heterocycles. The van der Waals surface area contributed by atoms with Gasteiger partial charge >= 0.3 is 0 Å². The van der Waals surface area contributed by atoms with Crippen molar-refractivity contribution >= 4 is 45.3 Å². The van der Waals surface area contributed by atoms with Crippen LogP contribution in [0.1, 0.15) is 49.8 Å². The van der Waals surface area contributed by atoms with Crippen molar-refractivity contribution in [2.75, 3.05) is 10.6 Å². The summed E-state index contributed by atoms with van der Waals surface area (Å²) in [5.41, 5.74) is 4.65. The largest absolute Gasteiger partial charge is 0.321 e. The lowest BCUT2D eigenvalue weighted by molar-refractivity contribution is -0.116. The Bertz CT molecular complexity index is 1000. The van der Waals surface area contributed by atoms with Gasteiger partial charge in [0.2, 0.25) is 5.91 Å². The molecule has 29 heavy (non-hydrogen) atoms. The molecule has 0 unspecified atom stereocenters. The summed E-state index contributed by atoms with van der Waals surface area (Å²) in [6.07, 6.45) is 2.11. The van der Waals surface area contributed by atoms with E-state index in [9.17, 15) is 9.59 Å². The quantitative estimate of drug-likeness (QED) is 0.512. The monoisotopic (exact) mass is 427 g/mol. The summed E-state index contributed by atoms with van der Waals surface area (Å²) in [6.45, 7) is 7.79. The van der Waals surface area contributed by atoms with Crippen molar-refractivity contribution in [3.05, 3.63) is 61.8 Å². The molecule has 0 saturated carbocycles. The van der Waals surface area contributed by atoms with Gasteiger partial charge in [-0.05, 0) is 63.1 Å². The first-order valence-electron chi connectivity index (χ1n) is 9.52. The fourth-order valence-electron chi connectivity index (χ4n) is 3.27. The van der Waals surface area contributed by atoms with Crippen molar-refractivity contribution in [2.45, 2.75) is 47.0 Å². The Morgan fingerprint density at radius 2 is 1.79 bits per heavy atom. The Balaban J connectivity index is 1.60. The van der Waals surface area contributed by atoms with Crippen molar-refractivity contribution in [2.24, 2.45) is 0 Å². The summed E-state index contributed by atoms with van der Waals surface area (Å²) in [5, 5.41) is 8.33. The number of nitrogens with one attached hydrogen (secondary N) is 2. The highest BCUT2D eigenvalue weighted by molar-refractivity contribution is 7.17. The second kappa shape index (κ2) is 9.33. The lowest BCUT2D eigenvalue weighted by atomic mass is 10.1. The third kappa shape index (κ3) is 5.52. The predicted molar refractivity (Wildman–Crippen MR) is 121 cm³/mol. The number of hydrogen-bond donors (Lipinski definition) is 2. The Hall–Kier alpha value is -2.51. The number of thiophene rings is 1. The first kappa shape index (κ1) is 21.2. The number of anilines is 2. The summed E-state index contributed by atoms with van der Waals surface area (Å²) in [7, 11) is 0. The van der Waals surface area contributed by atoms with E-state index in [1.807, 2.05) is 44.4 Å². The molecule has 2 heterocycles. The fraction of sp³-hybridized carbons (Fsp3) is 0.318. The smallest absolute Gasteiger partial charge is 0.267 e. The number of aryl methyl sites for hydroxylation is 5. The molecule has 3 aromatic rings. The van der Waals surface area contributed by atoms with Crippen LogP contribution in [0.3, 0.4) is 0 Å². The van der Waals surface area contributed by atoms with E-state index in [1.165, 1.54) is 16.2 Å². The average molecular weight is 428 g/mol. The number of carbonyl (C=O) groups excluding carboxylic acids is 2. The molecule has 5 nitrogen and oxygen atoms in total. The summed E-state index contributed by atoms with van der Waals surface area (Å²) in [4.78, 5) is 31.1. The van der Waals surface area contributed by atoms with Crippen LogP contribution in [0.5, 0.6) is 0 Å². The van der Waals surface area contributed by atoms with Crippen LogP contribution < -0.4 is 10.6 Å². The molecular weight excluding hydrogens is 402 g/mol. The highest BCUT2D eigenvalue weighted by atomic mass is 32.1. The van der Waals surface area contributed by atoms with Crippen molar-refractivity contribution < 1.29 is 9.59 Å². The predicted octanol–water partition coefficient (Wildman–Crippen LogP) is 5.65. The van der Waals surface area contributed by atoms with E-state index in [-0.39, 0.29) is 11.8 Å². The van der Waals surface area contributed by atoms with Crippen LogP contribution in [0.25, 0.3) is 0 Å². The number of benzene rings is 1. The third-order valence-electron chi connectivity index (χ3n) is 4.57. The average Bonchev–Trinajstić information content (AvgIpc) is 3.27. The molecule has 0 saturated heterocycles. The van der Waals surface area contributed by atoms with Gasteiger partial charge in [0.1, 0.15) is 4.88 Å². The van der Waals surface area contributed by atoms with Crippen molar-refractivity contribution in [1.29, 1.82) is 0 Å². The van der Waals surface area contributed by atoms with E-state index in [0.717, 1.165) is 35.2 Å². The second-order valence-corrected chi connectivity index (χ2v) is 9.17. The number of rotatable bonds is 7. The van der Waals surface area contributed by atoms with Gasteiger partial charge in [-0.1, -0.05) is 35.1 Å². The zero-order valence-electron chi connectivity index (χ0n) is 17.1. The first-order chi connectivity index (χ1) is 13.8. The number of amides is 2. The maximum atomic E-state index is 12.8. The van der Waals surface area contributed by atoms with Crippen molar-refractivity contribution in [3.8, 4) is 0 Å². The van der Waals surface area contributed by atoms with Gasteiger partial charge in [0, 0.05) is 17.0 Å². The van der Waals surface area contributed by atoms with E-state index in [2.05, 4.69) is 21.7 Å². The SMILES string of the molecule is Cc1cc(C)c(NC(=O)c2sc(NC(=O)CCCc3cccs3)nc2C)c(C)c1. The number of carbonyl (C=O) groups is 2. The lowest BCUT2D eigenvalue weighted by Crippen LogP contribution is -2.13. The highest BCUT2D eigenvalue weighted by Gasteiger charge is 2.18. The molecule has 0 fully saturated rings. The van der Waals surface area contributed by atoms with Gasteiger partial charge in [-0.25, -0.2) is 4.98 Å². The van der Waals surface area contributed by atoms with Crippen LogP contribution in [-0.2, 0) is 11.2 Å². The number of aromatic nitrogens is 1. The zero-order valence-corrected chi connectivity index (χ0v) is 18.7. The minimum absolute atomic E-state index is 0.0764. The Kier molecular flexibility index (Phi) is 6.82. The maximum absolute atomic E-state index is 12.8. The second-order valence-electron chi connectivity index (χ2n) is 7.14. The molecule has 2 N–H and O–H groups in total. The van der Waals surface area contributed by atoms with Crippen LogP contribution in [0.2, 0.25) is 0 Å². The summed E-state index contributed by atoms with van der Waals surface area (Å²) in [5.74, 6) is -0.277. The number of hydrogen-bond acceptors (Lipinski definition) is 5. The minimum Gasteiger partial charge on any atom is -0.321 e. The molecular formula is C22H25N3O2S2. The number of thiazole rings is 1. The topological polar surface area (TPSA) is 71.1 Å². The van der Waals surface area contributed by atoms with Gasteiger partial charge in [0.15, 0.2) is 5.13 Å². The van der Waals surface area contributed by atoms with Crippen LogP contribution >= 0.6 is 22.7 Å². The zero-order chi connectivity index (χ0) is 21.0. The van der Waals surface area contributed by atoms with Crippen molar-refractivity contribution in [1.82, 2.24) is 4.98 Å². The van der Waals surface area contributed by atoms with Gasteiger partial charge in [0.05, 0.1) is 5.69 Å². The van der Waals surface area contributed by atoms with E-state index in [0.29, 0.717) is 22.1 Å². The Morgan fingerprint density at radius 3 is 2.45 bits per heavy atom. The molecule has 0 spiro atoms. The molecule has 0 aliphatic heterocycles. The number of nitrogens with zero attached hydrogens (tertiary/aromatic N) is 1. The third-order valence-corrected chi connectivity index (χ3v) is 6.58. The summed E-state index contributed by atoms with van der Waals surface area (Å²) >= 11 is 2.91. The van der Waals surface area contributed by atoms with Crippen LogP contribution in [-0.4, -0.2) is 16.8 Å². The summed E-state index contributed by atoms with van der Waals surface area (Å²) in [6, 6.07) is 8.19. The molecule has 3 rings (SSSR count). The van der Waals surface area contributed by atoms with Crippen LogP contribution in [0, 0.1) is 27.7 Å². The van der Waals surface area contributed by atoms with Crippen molar-refractivity contribution in [3.63, 3.8) is 0 Å². The van der Waals surface area contributed by atoms with Gasteiger partial charge in [-0.3, -0.25) is 9.59 Å².